The van der Waals surface area contributed by atoms with Gasteiger partial charge in [0.1, 0.15) is 0 Å². The van der Waals surface area contributed by atoms with Gasteiger partial charge < -0.3 is 0 Å². The molecule has 0 aliphatic rings. The minimum Gasteiger partial charge on any atom is -0.271 e. The van der Waals surface area contributed by atoms with Crippen LogP contribution >= 0.6 is 11.3 Å². The second-order valence-electron chi connectivity index (χ2n) is 4.03. The molecule has 0 saturated heterocycles. The van der Waals surface area contributed by atoms with Gasteiger partial charge in [0.2, 0.25) is 0 Å². The summed E-state index contributed by atoms with van der Waals surface area (Å²) in [6, 6.07) is 5.77. The number of benzene rings is 1. The van der Waals surface area contributed by atoms with Gasteiger partial charge in [-0.2, -0.15) is 11.3 Å². The van der Waals surface area contributed by atoms with Gasteiger partial charge in [0, 0.05) is 11.6 Å². The summed E-state index contributed by atoms with van der Waals surface area (Å²) in [5, 5.41) is 4.03. The predicted molar refractivity (Wildman–Crippen MR) is 69.1 cm³/mol. The third-order valence-corrected chi connectivity index (χ3v) is 3.59. The average Bonchev–Trinajstić information content (AvgIpc) is 2.88. The number of nitrogens with one attached hydrogen (secondary N) is 1. The molecule has 96 valence electrons. The molecule has 0 amide bonds. The highest BCUT2D eigenvalue weighted by atomic mass is 32.1. The van der Waals surface area contributed by atoms with Crippen LogP contribution in [0.15, 0.2) is 35.0 Å². The number of hydrazine groups is 1. The molecule has 1 atom stereocenters. The van der Waals surface area contributed by atoms with Crippen LogP contribution in [0.25, 0.3) is 0 Å². The highest BCUT2D eigenvalue weighted by Crippen LogP contribution is 2.23. The van der Waals surface area contributed by atoms with Gasteiger partial charge in [-0.15, -0.1) is 0 Å². The second kappa shape index (κ2) is 6.04. The minimum atomic E-state index is -0.844. The van der Waals surface area contributed by atoms with Gasteiger partial charge in [-0.25, -0.2) is 8.78 Å². The standard InChI is InChI=1S/C13H14F2N2S/c14-11-3-1-2-10(13(11)15)12(17-16)5-4-9-6-7-18-8-9/h1-3,6-8,12,17H,4-5,16H2. The largest absolute Gasteiger partial charge is 0.271 e. The fourth-order valence-corrected chi connectivity index (χ4v) is 2.57. The van der Waals surface area contributed by atoms with Gasteiger partial charge in [-0.3, -0.25) is 11.3 Å². The van der Waals surface area contributed by atoms with Crippen molar-refractivity contribution < 1.29 is 8.78 Å². The van der Waals surface area contributed by atoms with Gasteiger partial charge in [0.05, 0.1) is 0 Å². The lowest BCUT2D eigenvalue weighted by Gasteiger charge is -2.16. The topological polar surface area (TPSA) is 38.0 Å². The van der Waals surface area contributed by atoms with E-state index in [-0.39, 0.29) is 11.6 Å². The Labute approximate surface area is 108 Å². The quantitative estimate of drug-likeness (QED) is 0.645. The molecule has 1 heterocycles. The second-order valence-corrected chi connectivity index (χ2v) is 4.81. The van der Waals surface area contributed by atoms with E-state index in [0.29, 0.717) is 6.42 Å². The fourth-order valence-electron chi connectivity index (χ4n) is 1.86. The van der Waals surface area contributed by atoms with Crippen molar-refractivity contribution in [2.75, 3.05) is 0 Å². The normalized spacial score (nSPS) is 12.6. The summed E-state index contributed by atoms with van der Waals surface area (Å²) in [6.07, 6.45) is 1.39. The van der Waals surface area contributed by atoms with Crippen LogP contribution in [-0.2, 0) is 6.42 Å². The molecule has 1 aromatic carbocycles. The van der Waals surface area contributed by atoms with Crippen LogP contribution in [-0.4, -0.2) is 0 Å². The molecule has 0 radical (unpaired) electrons. The van der Waals surface area contributed by atoms with Gasteiger partial charge in [-0.05, 0) is 41.3 Å². The third kappa shape index (κ3) is 2.93. The first-order chi connectivity index (χ1) is 8.72. The van der Waals surface area contributed by atoms with Crippen molar-refractivity contribution in [3.8, 4) is 0 Å². The van der Waals surface area contributed by atoms with Crippen molar-refractivity contribution in [1.82, 2.24) is 5.43 Å². The highest BCUT2D eigenvalue weighted by Gasteiger charge is 2.16. The molecule has 2 aromatic rings. The molecule has 0 saturated carbocycles. The van der Waals surface area contributed by atoms with E-state index >= 15 is 0 Å². The Hall–Kier alpha value is -1.30. The molecular formula is C13H14F2N2S. The van der Waals surface area contributed by atoms with Gasteiger partial charge in [-0.1, -0.05) is 12.1 Å². The summed E-state index contributed by atoms with van der Waals surface area (Å²) in [4.78, 5) is 0. The van der Waals surface area contributed by atoms with Crippen molar-refractivity contribution in [3.05, 3.63) is 57.8 Å². The van der Waals surface area contributed by atoms with E-state index in [0.717, 1.165) is 12.5 Å². The number of thiophene rings is 1. The SMILES string of the molecule is NNC(CCc1ccsc1)c1cccc(F)c1F. The zero-order chi connectivity index (χ0) is 13.0. The fraction of sp³-hybridized carbons (Fsp3) is 0.231. The Morgan fingerprint density at radius 3 is 2.78 bits per heavy atom. The number of hydrogen-bond donors (Lipinski definition) is 2. The molecule has 5 heteroatoms. The zero-order valence-corrected chi connectivity index (χ0v) is 10.5. The van der Waals surface area contributed by atoms with Crippen LogP contribution in [0.4, 0.5) is 8.78 Å². The molecule has 3 N–H and O–H groups in total. The van der Waals surface area contributed by atoms with E-state index in [1.54, 1.807) is 17.4 Å². The van der Waals surface area contributed by atoms with E-state index in [1.165, 1.54) is 11.6 Å². The lowest BCUT2D eigenvalue weighted by Crippen LogP contribution is -2.29. The minimum absolute atomic E-state index is 0.271. The predicted octanol–water partition coefficient (Wildman–Crippen LogP) is 3.16. The monoisotopic (exact) mass is 268 g/mol. The van der Waals surface area contributed by atoms with Crippen LogP contribution < -0.4 is 11.3 Å². The summed E-state index contributed by atoms with van der Waals surface area (Å²) in [7, 11) is 0. The maximum atomic E-state index is 13.6. The molecule has 1 unspecified atom stereocenters. The Morgan fingerprint density at radius 2 is 2.11 bits per heavy atom. The van der Waals surface area contributed by atoms with Crippen molar-refractivity contribution in [1.29, 1.82) is 0 Å². The van der Waals surface area contributed by atoms with E-state index in [1.807, 2.05) is 16.8 Å². The molecule has 0 fully saturated rings. The average molecular weight is 268 g/mol. The Balaban J connectivity index is 2.10. The highest BCUT2D eigenvalue weighted by molar-refractivity contribution is 7.07. The van der Waals surface area contributed by atoms with Crippen LogP contribution in [0.5, 0.6) is 0 Å². The molecule has 0 aliphatic carbocycles. The molecule has 18 heavy (non-hydrogen) atoms. The smallest absolute Gasteiger partial charge is 0.163 e. The first-order valence-electron chi connectivity index (χ1n) is 5.63. The molecule has 0 spiro atoms. The summed E-state index contributed by atoms with van der Waals surface area (Å²) in [5.41, 5.74) is 3.99. The van der Waals surface area contributed by atoms with Crippen LogP contribution in [0.1, 0.15) is 23.6 Å². The van der Waals surface area contributed by atoms with Crippen LogP contribution in [0.2, 0.25) is 0 Å². The van der Waals surface area contributed by atoms with Crippen molar-refractivity contribution in [2.45, 2.75) is 18.9 Å². The zero-order valence-electron chi connectivity index (χ0n) is 9.70. The van der Waals surface area contributed by atoms with E-state index in [2.05, 4.69) is 5.43 Å². The van der Waals surface area contributed by atoms with E-state index < -0.39 is 11.6 Å². The summed E-state index contributed by atoms with van der Waals surface area (Å²) < 4.78 is 26.8. The molecule has 0 aliphatic heterocycles. The van der Waals surface area contributed by atoms with Crippen molar-refractivity contribution >= 4 is 11.3 Å². The van der Waals surface area contributed by atoms with Crippen molar-refractivity contribution in [3.63, 3.8) is 0 Å². The first-order valence-corrected chi connectivity index (χ1v) is 6.57. The number of nitrogens with two attached hydrogens (primary N) is 1. The Bertz CT molecular complexity index is 500. The van der Waals surface area contributed by atoms with Crippen LogP contribution in [0.3, 0.4) is 0 Å². The van der Waals surface area contributed by atoms with Gasteiger partial charge in [0.25, 0.3) is 0 Å². The maximum Gasteiger partial charge on any atom is 0.163 e. The summed E-state index contributed by atoms with van der Waals surface area (Å²) in [6.45, 7) is 0. The number of rotatable bonds is 5. The summed E-state index contributed by atoms with van der Waals surface area (Å²) in [5.74, 6) is 3.75. The Morgan fingerprint density at radius 1 is 1.28 bits per heavy atom. The Kier molecular flexibility index (Phi) is 4.41. The first kappa shape index (κ1) is 13.1. The molecule has 2 rings (SSSR count). The van der Waals surface area contributed by atoms with Crippen LogP contribution in [0, 0.1) is 11.6 Å². The molecule has 0 bridgehead atoms. The van der Waals surface area contributed by atoms with Crippen molar-refractivity contribution in [2.24, 2.45) is 5.84 Å². The van der Waals surface area contributed by atoms with E-state index in [9.17, 15) is 8.78 Å². The van der Waals surface area contributed by atoms with E-state index in [4.69, 9.17) is 5.84 Å². The lowest BCUT2D eigenvalue weighted by atomic mass is 10.00. The summed E-state index contributed by atoms with van der Waals surface area (Å²) >= 11 is 1.61. The molecule has 2 nitrogen and oxygen atoms in total. The molecular weight excluding hydrogens is 254 g/mol. The molecule has 1 aromatic heterocycles. The van der Waals surface area contributed by atoms with Gasteiger partial charge >= 0.3 is 0 Å². The number of aryl methyl sites for hydroxylation is 1. The lowest BCUT2D eigenvalue weighted by molar-refractivity contribution is 0.452. The number of halogens is 2. The van der Waals surface area contributed by atoms with Gasteiger partial charge in [0.15, 0.2) is 11.6 Å². The number of hydrogen-bond acceptors (Lipinski definition) is 3. The third-order valence-electron chi connectivity index (χ3n) is 2.86. The maximum absolute atomic E-state index is 13.6.